The Hall–Kier alpha value is -0.100. The van der Waals surface area contributed by atoms with E-state index in [-0.39, 0.29) is 0 Å². The number of rotatable bonds is 4. The molecule has 0 fully saturated rings. The van der Waals surface area contributed by atoms with Crippen LogP contribution in [0.2, 0.25) is 0 Å². The number of hydrogen-bond acceptors (Lipinski definition) is 0. The van der Waals surface area contributed by atoms with Crippen LogP contribution in [0.5, 0.6) is 0 Å². The molecule has 88 valence electrons. The lowest BCUT2D eigenvalue weighted by molar-refractivity contribution is 0.820. The summed E-state index contributed by atoms with van der Waals surface area (Å²) in [5, 5.41) is 0. The molecular formula is C15H14I2. The molecule has 0 bridgehead atoms. The molecule has 2 rings (SSSR count). The van der Waals surface area contributed by atoms with E-state index in [2.05, 4.69) is 93.7 Å². The molecule has 2 aromatic rings. The fraction of sp³-hybridized carbons (Fsp3) is 0.200. The van der Waals surface area contributed by atoms with E-state index in [9.17, 15) is 0 Å². The Kier molecular flexibility index (Phi) is 5.28. The van der Waals surface area contributed by atoms with Gasteiger partial charge in [-0.2, -0.15) is 0 Å². The van der Waals surface area contributed by atoms with Crippen LogP contribution in [0.1, 0.15) is 17.5 Å². The van der Waals surface area contributed by atoms with E-state index in [1.54, 1.807) is 0 Å². The van der Waals surface area contributed by atoms with Crippen molar-refractivity contribution in [2.24, 2.45) is 0 Å². The molecule has 0 nitrogen and oxygen atoms in total. The van der Waals surface area contributed by atoms with Crippen LogP contribution in [-0.2, 0) is 12.8 Å². The lowest BCUT2D eigenvalue weighted by Gasteiger charge is -2.03. The van der Waals surface area contributed by atoms with Crippen molar-refractivity contribution in [3.63, 3.8) is 0 Å². The van der Waals surface area contributed by atoms with Gasteiger partial charge >= 0.3 is 0 Å². The highest BCUT2D eigenvalue weighted by atomic mass is 127. The highest BCUT2D eigenvalue weighted by molar-refractivity contribution is 14.1. The molecule has 0 saturated heterocycles. The molecule has 0 atom stereocenters. The Balaban J connectivity index is 1.87. The van der Waals surface area contributed by atoms with Gasteiger partial charge in [0.05, 0.1) is 0 Å². The topological polar surface area (TPSA) is 0 Å². The molecule has 0 aliphatic carbocycles. The zero-order valence-corrected chi connectivity index (χ0v) is 13.8. The van der Waals surface area contributed by atoms with E-state index in [4.69, 9.17) is 0 Å². The normalized spacial score (nSPS) is 10.5. The molecule has 0 spiro atoms. The second-order valence-corrected chi connectivity index (χ2v) is 6.60. The van der Waals surface area contributed by atoms with Crippen molar-refractivity contribution in [2.45, 2.75) is 19.3 Å². The molecule has 2 heteroatoms. The van der Waals surface area contributed by atoms with Crippen LogP contribution in [0.25, 0.3) is 0 Å². The number of hydrogen-bond donors (Lipinski definition) is 0. The smallest absolute Gasteiger partial charge is 0.0133 e. The van der Waals surface area contributed by atoms with Gasteiger partial charge in [0.1, 0.15) is 0 Å². The van der Waals surface area contributed by atoms with Gasteiger partial charge in [-0.15, -0.1) is 0 Å². The molecule has 0 unspecified atom stereocenters. The molecular weight excluding hydrogens is 434 g/mol. The largest absolute Gasteiger partial charge is 0.0609 e. The SMILES string of the molecule is Ic1cccc(CCCc2cccc(I)c2)c1. The number of halogens is 2. The zero-order valence-electron chi connectivity index (χ0n) is 9.50. The molecule has 2 aromatic carbocycles. The lowest BCUT2D eigenvalue weighted by Crippen LogP contribution is -1.91. The maximum absolute atomic E-state index is 2.37. The van der Waals surface area contributed by atoms with Crippen LogP contribution >= 0.6 is 45.2 Å². The Labute approximate surface area is 130 Å². The number of benzene rings is 2. The summed E-state index contributed by atoms with van der Waals surface area (Å²) < 4.78 is 2.66. The summed E-state index contributed by atoms with van der Waals surface area (Å²) in [6.45, 7) is 0. The maximum Gasteiger partial charge on any atom is 0.0133 e. The Morgan fingerprint density at radius 2 is 1.18 bits per heavy atom. The second-order valence-electron chi connectivity index (χ2n) is 4.11. The van der Waals surface area contributed by atoms with Gasteiger partial charge in [-0.3, -0.25) is 0 Å². The van der Waals surface area contributed by atoms with Gasteiger partial charge < -0.3 is 0 Å². The minimum absolute atomic E-state index is 1.17. The third-order valence-electron chi connectivity index (χ3n) is 2.71. The van der Waals surface area contributed by atoms with E-state index >= 15 is 0 Å². The first kappa shape index (κ1) is 13.3. The predicted octanol–water partition coefficient (Wildman–Crippen LogP) is 5.07. The van der Waals surface area contributed by atoms with Crippen molar-refractivity contribution in [1.82, 2.24) is 0 Å². The van der Waals surface area contributed by atoms with Crippen molar-refractivity contribution in [1.29, 1.82) is 0 Å². The first-order valence-corrected chi connectivity index (χ1v) is 7.89. The lowest BCUT2D eigenvalue weighted by atomic mass is 10.0. The third kappa shape index (κ3) is 4.58. The summed E-state index contributed by atoms with van der Waals surface area (Å²) in [6.07, 6.45) is 3.56. The Bertz CT molecular complexity index is 446. The van der Waals surface area contributed by atoms with Crippen LogP contribution < -0.4 is 0 Å². The van der Waals surface area contributed by atoms with Crippen LogP contribution in [0.15, 0.2) is 48.5 Å². The molecule has 0 saturated carbocycles. The molecule has 0 N–H and O–H groups in total. The van der Waals surface area contributed by atoms with Gasteiger partial charge in [-0.25, -0.2) is 0 Å². The third-order valence-corrected chi connectivity index (χ3v) is 4.05. The van der Waals surface area contributed by atoms with Crippen LogP contribution in [0.3, 0.4) is 0 Å². The van der Waals surface area contributed by atoms with Crippen molar-refractivity contribution < 1.29 is 0 Å². The van der Waals surface area contributed by atoms with E-state index in [0.29, 0.717) is 0 Å². The average molecular weight is 448 g/mol. The highest BCUT2D eigenvalue weighted by Gasteiger charge is 1.97. The predicted molar refractivity (Wildman–Crippen MR) is 90.3 cm³/mol. The zero-order chi connectivity index (χ0) is 12.1. The van der Waals surface area contributed by atoms with Gasteiger partial charge in [0.15, 0.2) is 0 Å². The van der Waals surface area contributed by atoms with Gasteiger partial charge in [0.25, 0.3) is 0 Å². The standard InChI is InChI=1S/C15H14I2/c16-14-8-2-6-12(10-14)4-1-5-13-7-3-9-15(17)11-13/h2-3,6-11H,1,4-5H2. The molecule has 0 heterocycles. The molecule has 0 amide bonds. The molecule has 0 radical (unpaired) electrons. The van der Waals surface area contributed by atoms with Crippen molar-refractivity contribution >= 4 is 45.2 Å². The van der Waals surface area contributed by atoms with Gasteiger partial charge in [-0.1, -0.05) is 24.3 Å². The molecule has 0 aliphatic heterocycles. The van der Waals surface area contributed by atoms with Gasteiger partial charge in [0.2, 0.25) is 0 Å². The summed E-state index contributed by atoms with van der Waals surface area (Å²) in [4.78, 5) is 0. The van der Waals surface area contributed by atoms with Crippen LogP contribution in [0, 0.1) is 7.14 Å². The number of aryl methyl sites for hydroxylation is 2. The van der Waals surface area contributed by atoms with Crippen LogP contribution in [0.4, 0.5) is 0 Å². The average Bonchev–Trinajstić information content (AvgIpc) is 2.29. The highest BCUT2D eigenvalue weighted by Crippen LogP contribution is 2.13. The molecule has 0 aliphatic rings. The fourth-order valence-electron chi connectivity index (χ4n) is 1.88. The first-order chi connectivity index (χ1) is 8.24. The van der Waals surface area contributed by atoms with Crippen LogP contribution in [-0.4, -0.2) is 0 Å². The van der Waals surface area contributed by atoms with Gasteiger partial charge in [-0.05, 0) is 99.8 Å². The summed E-state index contributed by atoms with van der Waals surface area (Å²) >= 11 is 4.74. The second kappa shape index (κ2) is 6.73. The Morgan fingerprint density at radius 3 is 1.59 bits per heavy atom. The molecule has 0 aromatic heterocycles. The van der Waals surface area contributed by atoms with E-state index in [1.807, 2.05) is 0 Å². The minimum atomic E-state index is 1.17. The Morgan fingerprint density at radius 1 is 0.706 bits per heavy atom. The summed E-state index contributed by atoms with van der Waals surface area (Å²) in [5.41, 5.74) is 2.89. The van der Waals surface area contributed by atoms with E-state index in [0.717, 1.165) is 0 Å². The minimum Gasteiger partial charge on any atom is -0.0609 e. The van der Waals surface area contributed by atoms with Crippen molar-refractivity contribution in [3.05, 3.63) is 66.8 Å². The summed E-state index contributed by atoms with van der Waals surface area (Å²) in [6, 6.07) is 17.6. The van der Waals surface area contributed by atoms with Gasteiger partial charge in [0, 0.05) is 7.14 Å². The van der Waals surface area contributed by atoms with E-state index in [1.165, 1.54) is 37.5 Å². The van der Waals surface area contributed by atoms with Crippen molar-refractivity contribution in [2.75, 3.05) is 0 Å². The first-order valence-electron chi connectivity index (χ1n) is 5.73. The quantitative estimate of drug-likeness (QED) is 0.574. The van der Waals surface area contributed by atoms with Crippen molar-refractivity contribution in [3.8, 4) is 0 Å². The molecule has 17 heavy (non-hydrogen) atoms. The monoisotopic (exact) mass is 448 g/mol. The van der Waals surface area contributed by atoms with E-state index < -0.39 is 0 Å². The maximum atomic E-state index is 2.37. The summed E-state index contributed by atoms with van der Waals surface area (Å²) in [5.74, 6) is 0. The summed E-state index contributed by atoms with van der Waals surface area (Å²) in [7, 11) is 0. The fourth-order valence-corrected chi connectivity index (χ4v) is 3.10.